The van der Waals surface area contributed by atoms with Crippen molar-refractivity contribution in [1.29, 1.82) is 0 Å². The minimum Gasteiger partial charge on any atom is -0.493 e. The van der Waals surface area contributed by atoms with E-state index < -0.39 is 10.0 Å². The monoisotopic (exact) mass is 474 g/mol. The van der Waals surface area contributed by atoms with Gasteiger partial charge in [-0.15, -0.1) is 0 Å². The maximum absolute atomic E-state index is 12.8. The first-order chi connectivity index (χ1) is 15.9. The standard InChI is InChI=1S/C24H30N2O6S/c1-3-4-14-32-22-10-8-19(17-23(22)30-2)9-11-24(27)25-20-6-5-7-21(18-20)33(28,29)26-12-15-31-16-13-26/h5-11,17-18H,3-4,12-16H2,1-2H3,(H,25,27)/b11-9+. The number of methoxy groups -OCH3 is 1. The number of hydrogen-bond acceptors (Lipinski definition) is 6. The van der Waals surface area contributed by atoms with Gasteiger partial charge >= 0.3 is 0 Å². The van der Waals surface area contributed by atoms with Crippen LogP contribution in [-0.2, 0) is 19.6 Å². The van der Waals surface area contributed by atoms with Gasteiger partial charge in [-0.2, -0.15) is 4.31 Å². The van der Waals surface area contributed by atoms with E-state index in [1.54, 1.807) is 31.4 Å². The molecule has 1 aliphatic heterocycles. The molecule has 0 spiro atoms. The highest BCUT2D eigenvalue weighted by molar-refractivity contribution is 7.89. The molecule has 178 valence electrons. The average Bonchev–Trinajstić information content (AvgIpc) is 2.84. The fourth-order valence-electron chi connectivity index (χ4n) is 3.26. The number of amides is 1. The van der Waals surface area contributed by atoms with Crippen molar-refractivity contribution in [1.82, 2.24) is 4.31 Å². The molecule has 2 aromatic rings. The lowest BCUT2D eigenvalue weighted by atomic mass is 10.2. The van der Waals surface area contributed by atoms with E-state index in [9.17, 15) is 13.2 Å². The fourth-order valence-corrected chi connectivity index (χ4v) is 4.71. The first-order valence-corrected chi connectivity index (χ1v) is 12.4. The van der Waals surface area contributed by atoms with Crippen molar-refractivity contribution in [3.8, 4) is 11.5 Å². The molecular weight excluding hydrogens is 444 g/mol. The maximum atomic E-state index is 12.8. The van der Waals surface area contributed by atoms with Crippen molar-refractivity contribution in [2.45, 2.75) is 24.7 Å². The minimum absolute atomic E-state index is 0.134. The molecule has 1 aliphatic rings. The van der Waals surface area contributed by atoms with Gasteiger partial charge in [0.15, 0.2) is 11.5 Å². The second kappa shape index (κ2) is 11.8. The van der Waals surface area contributed by atoms with Crippen molar-refractivity contribution in [2.24, 2.45) is 0 Å². The average molecular weight is 475 g/mol. The smallest absolute Gasteiger partial charge is 0.248 e. The number of rotatable bonds is 10. The van der Waals surface area contributed by atoms with Crippen molar-refractivity contribution in [3.63, 3.8) is 0 Å². The summed E-state index contributed by atoms with van der Waals surface area (Å²) in [5.41, 5.74) is 1.17. The van der Waals surface area contributed by atoms with Gasteiger partial charge in [-0.05, 0) is 48.4 Å². The number of morpholine rings is 1. The molecule has 1 N–H and O–H groups in total. The van der Waals surface area contributed by atoms with Gasteiger partial charge in [-0.25, -0.2) is 8.42 Å². The number of sulfonamides is 1. The van der Waals surface area contributed by atoms with Gasteiger partial charge in [0.25, 0.3) is 0 Å². The zero-order valence-electron chi connectivity index (χ0n) is 19.0. The molecule has 0 saturated carbocycles. The summed E-state index contributed by atoms with van der Waals surface area (Å²) >= 11 is 0. The topological polar surface area (TPSA) is 94.2 Å². The van der Waals surface area contributed by atoms with Crippen LogP contribution in [-0.4, -0.2) is 58.7 Å². The molecule has 0 unspecified atom stereocenters. The highest BCUT2D eigenvalue weighted by atomic mass is 32.2. The van der Waals surface area contributed by atoms with E-state index in [0.29, 0.717) is 50.1 Å². The van der Waals surface area contributed by atoms with Crippen LogP contribution in [0.3, 0.4) is 0 Å². The fraction of sp³-hybridized carbons (Fsp3) is 0.375. The van der Waals surface area contributed by atoms with Crippen LogP contribution in [0, 0.1) is 0 Å². The number of nitrogens with zero attached hydrogens (tertiary/aromatic N) is 1. The summed E-state index contributed by atoms with van der Waals surface area (Å²) in [6, 6.07) is 11.7. The summed E-state index contributed by atoms with van der Waals surface area (Å²) in [6.07, 6.45) is 5.04. The van der Waals surface area contributed by atoms with Gasteiger partial charge in [0.1, 0.15) is 0 Å². The Morgan fingerprint density at radius 2 is 1.94 bits per heavy atom. The number of anilines is 1. The van der Waals surface area contributed by atoms with E-state index >= 15 is 0 Å². The Balaban J connectivity index is 1.65. The van der Waals surface area contributed by atoms with Crippen LogP contribution in [0.4, 0.5) is 5.69 Å². The first-order valence-electron chi connectivity index (χ1n) is 10.9. The first kappa shape index (κ1) is 24.8. The van der Waals surface area contributed by atoms with E-state index in [2.05, 4.69) is 12.2 Å². The van der Waals surface area contributed by atoms with Crippen LogP contribution in [0.25, 0.3) is 6.08 Å². The van der Waals surface area contributed by atoms with Crippen LogP contribution >= 0.6 is 0 Å². The number of nitrogens with one attached hydrogen (secondary N) is 1. The van der Waals surface area contributed by atoms with Crippen LogP contribution in [0.15, 0.2) is 53.4 Å². The normalized spacial score (nSPS) is 14.8. The molecule has 33 heavy (non-hydrogen) atoms. The summed E-state index contributed by atoms with van der Waals surface area (Å²) in [5.74, 6) is 0.874. The molecule has 1 saturated heterocycles. The maximum Gasteiger partial charge on any atom is 0.248 e. The Morgan fingerprint density at radius 1 is 1.15 bits per heavy atom. The van der Waals surface area contributed by atoms with E-state index in [1.165, 1.54) is 22.5 Å². The summed E-state index contributed by atoms with van der Waals surface area (Å²) in [6.45, 7) is 4.08. The lowest BCUT2D eigenvalue weighted by molar-refractivity contribution is -0.111. The number of ether oxygens (including phenoxy) is 3. The number of carbonyl (C=O) groups excluding carboxylic acids is 1. The van der Waals surface area contributed by atoms with Crippen molar-refractivity contribution in [2.75, 3.05) is 45.3 Å². The molecular formula is C24H30N2O6S. The second-order valence-electron chi connectivity index (χ2n) is 7.48. The van der Waals surface area contributed by atoms with Gasteiger partial charge in [0, 0.05) is 24.9 Å². The molecule has 3 rings (SSSR count). The minimum atomic E-state index is -3.64. The lowest BCUT2D eigenvalue weighted by Crippen LogP contribution is -2.40. The zero-order valence-corrected chi connectivity index (χ0v) is 19.8. The van der Waals surface area contributed by atoms with Gasteiger partial charge in [-0.1, -0.05) is 25.5 Å². The highest BCUT2D eigenvalue weighted by Crippen LogP contribution is 2.29. The predicted molar refractivity (Wildman–Crippen MR) is 127 cm³/mol. The molecule has 9 heteroatoms. The second-order valence-corrected chi connectivity index (χ2v) is 9.42. The Hall–Kier alpha value is -2.88. The third-order valence-electron chi connectivity index (χ3n) is 5.08. The van der Waals surface area contributed by atoms with E-state index in [1.807, 2.05) is 12.1 Å². The zero-order chi connectivity index (χ0) is 23.7. The predicted octanol–water partition coefficient (Wildman–Crippen LogP) is 3.55. The molecule has 1 amide bonds. The number of unbranched alkanes of at least 4 members (excludes halogenated alkanes) is 1. The SMILES string of the molecule is CCCCOc1ccc(/C=C/C(=O)Nc2cccc(S(=O)(=O)N3CCOCC3)c2)cc1OC. The summed E-state index contributed by atoms with van der Waals surface area (Å²) in [4.78, 5) is 12.5. The summed E-state index contributed by atoms with van der Waals surface area (Å²) in [5, 5.41) is 2.71. The van der Waals surface area contributed by atoms with E-state index in [0.717, 1.165) is 18.4 Å². The number of hydrogen-bond donors (Lipinski definition) is 1. The van der Waals surface area contributed by atoms with Crippen LogP contribution in [0.5, 0.6) is 11.5 Å². The third kappa shape index (κ3) is 6.80. The van der Waals surface area contributed by atoms with Gasteiger partial charge < -0.3 is 19.5 Å². The Kier molecular flexibility index (Phi) is 8.87. The molecule has 2 aromatic carbocycles. The Labute approximate surface area is 195 Å². The van der Waals surface area contributed by atoms with Crippen LogP contribution in [0.1, 0.15) is 25.3 Å². The number of carbonyl (C=O) groups is 1. The quantitative estimate of drug-likeness (QED) is 0.418. The van der Waals surface area contributed by atoms with E-state index in [-0.39, 0.29) is 10.8 Å². The summed E-state index contributed by atoms with van der Waals surface area (Å²) in [7, 11) is -2.07. The van der Waals surface area contributed by atoms with Crippen LogP contribution < -0.4 is 14.8 Å². The molecule has 0 aromatic heterocycles. The molecule has 1 fully saturated rings. The molecule has 0 aliphatic carbocycles. The van der Waals surface area contributed by atoms with Crippen molar-refractivity contribution < 1.29 is 27.4 Å². The van der Waals surface area contributed by atoms with Crippen molar-refractivity contribution in [3.05, 3.63) is 54.1 Å². The van der Waals surface area contributed by atoms with E-state index in [4.69, 9.17) is 14.2 Å². The Morgan fingerprint density at radius 3 is 2.67 bits per heavy atom. The molecule has 0 atom stereocenters. The van der Waals surface area contributed by atoms with Crippen molar-refractivity contribution >= 4 is 27.7 Å². The highest BCUT2D eigenvalue weighted by Gasteiger charge is 2.26. The van der Waals surface area contributed by atoms with Gasteiger partial charge in [-0.3, -0.25) is 4.79 Å². The molecule has 0 bridgehead atoms. The Bertz CT molecular complexity index is 1080. The molecule has 0 radical (unpaired) electrons. The van der Waals surface area contributed by atoms with Gasteiger partial charge in [0.05, 0.1) is 31.8 Å². The lowest BCUT2D eigenvalue weighted by Gasteiger charge is -2.26. The molecule has 1 heterocycles. The number of benzene rings is 2. The molecule has 8 nitrogen and oxygen atoms in total. The largest absolute Gasteiger partial charge is 0.493 e. The summed E-state index contributed by atoms with van der Waals surface area (Å²) < 4.78 is 43.4. The van der Waals surface area contributed by atoms with Crippen LogP contribution in [0.2, 0.25) is 0 Å². The third-order valence-corrected chi connectivity index (χ3v) is 6.97. The van der Waals surface area contributed by atoms with Gasteiger partial charge in [0.2, 0.25) is 15.9 Å².